The number of methoxy groups -OCH3 is 1. The number of benzene rings is 1. The van der Waals surface area contributed by atoms with Crippen LogP contribution in [0.25, 0.3) is 0 Å². The van der Waals surface area contributed by atoms with E-state index < -0.39 is 5.60 Å². The lowest BCUT2D eigenvalue weighted by Crippen LogP contribution is -2.31. The van der Waals surface area contributed by atoms with E-state index in [-0.39, 0.29) is 0 Å². The van der Waals surface area contributed by atoms with Gasteiger partial charge >= 0.3 is 0 Å². The highest BCUT2D eigenvalue weighted by atomic mass is 32.1. The highest BCUT2D eigenvalue weighted by molar-refractivity contribution is 7.11. The third-order valence-corrected chi connectivity index (χ3v) is 7.36. The molecule has 0 saturated carbocycles. The Kier molecular flexibility index (Phi) is 7.27. The van der Waals surface area contributed by atoms with E-state index >= 15 is 0 Å². The fourth-order valence-electron chi connectivity index (χ4n) is 4.13. The maximum Gasteiger partial charge on any atom is 0.125 e. The average molecular weight is 445 g/mol. The van der Waals surface area contributed by atoms with E-state index in [9.17, 15) is 5.11 Å². The second-order valence-corrected chi connectivity index (χ2v) is 9.44. The van der Waals surface area contributed by atoms with Gasteiger partial charge in [0.15, 0.2) is 0 Å². The number of ether oxygens (including phenoxy) is 3. The molecule has 1 fully saturated rings. The predicted molar refractivity (Wildman–Crippen MR) is 122 cm³/mol. The molecule has 3 heterocycles. The van der Waals surface area contributed by atoms with Crippen LogP contribution in [0.1, 0.15) is 41.3 Å². The van der Waals surface area contributed by atoms with Crippen LogP contribution in [0, 0.1) is 6.92 Å². The number of hydrogen-bond donors (Lipinski definition) is 1. The van der Waals surface area contributed by atoms with Crippen molar-refractivity contribution in [2.45, 2.75) is 44.8 Å². The van der Waals surface area contributed by atoms with Crippen molar-refractivity contribution >= 4 is 11.3 Å². The molecule has 0 radical (unpaired) electrons. The van der Waals surface area contributed by atoms with Crippen molar-refractivity contribution in [1.82, 2.24) is 9.88 Å². The Balaban J connectivity index is 1.37. The highest BCUT2D eigenvalue weighted by Gasteiger charge is 2.35. The molecule has 1 aromatic carbocycles. The summed E-state index contributed by atoms with van der Waals surface area (Å²) in [7, 11) is 1.65. The van der Waals surface area contributed by atoms with E-state index in [2.05, 4.69) is 11.0 Å². The minimum atomic E-state index is -0.861. The van der Waals surface area contributed by atoms with Crippen LogP contribution >= 0.6 is 11.3 Å². The van der Waals surface area contributed by atoms with Crippen molar-refractivity contribution in [3.8, 4) is 11.5 Å². The van der Waals surface area contributed by atoms with Crippen molar-refractivity contribution in [1.29, 1.82) is 0 Å². The number of aryl methyl sites for hydroxylation is 1. The molecule has 168 valence electrons. The van der Waals surface area contributed by atoms with Gasteiger partial charge < -0.3 is 19.3 Å². The lowest BCUT2D eigenvalue weighted by Gasteiger charge is -2.26. The summed E-state index contributed by atoms with van der Waals surface area (Å²) in [4.78, 5) is 8.24. The summed E-state index contributed by atoms with van der Waals surface area (Å²) in [5.41, 5.74) is 1.44. The fraction of sp³-hybridized carbons (Fsp3) is 0.542. The number of nitrogens with zero attached hydrogens (tertiary/aromatic N) is 2. The summed E-state index contributed by atoms with van der Waals surface area (Å²) >= 11 is 1.58. The molecule has 0 spiro atoms. The van der Waals surface area contributed by atoms with Gasteiger partial charge in [-0.25, -0.2) is 4.98 Å². The van der Waals surface area contributed by atoms with Gasteiger partial charge in [-0.05, 0) is 69.0 Å². The zero-order valence-electron chi connectivity index (χ0n) is 18.4. The van der Waals surface area contributed by atoms with Crippen LogP contribution in [0.4, 0.5) is 0 Å². The molecule has 4 rings (SSSR count). The number of aliphatic hydroxyl groups is 1. The van der Waals surface area contributed by atoms with Crippen LogP contribution < -0.4 is 9.47 Å². The summed E-state index contributed by atoms with van der Waals surface area (Å²) < 4.78 is 16.7. The van der Waals surface area contributed by atoms with Gasteiger partial charge in [0, 0.05) is 13.1 Å². The molecular weight excluding hydrogens is 412 g/mol. The van der Waals surface area contributed by atoms with Gasteiger partial charge in [-0.2, -0.15) is 0 Å². The molecule has 0 unspecified atom stereocenters. The minimum absolute atomic E-state index is 0.451. The van der Waals surface area contributed by atoms with E-state index in [0.29, 0.717) is 13.0 Å². The third kappa shape index (κ3) is 5.66. The largest absolute Gasteiger partial charge is 0.497 e. The van der Waals surface area contributed by atoms with Crippen molar-refractivity contribution in [3.05, 3.63) is 51.5 Å². The summed E-state index contributed by atoms with van der Waals surface area (Å²) in [6.45, 7) is 6.82. The van der Waals surface area contributed by atoms with E-state index in [1.807, 2.05) is 31.2 Å². The average Bonchev–Trinajstić information content (AvgIpc) is 3.07. The first kappa shape index (κ1) is 22.3. The van der Waals surface area contributed by atoms with Gasteiger partial charge in [0.25, 0.3) is 0 Å². The maximum absolute atomic E-state index is 11.5. The highest BCUT2D eigenvalue weighted by Crippen LogP contribution is 2.37. The summed E-state index contributed by atoms with van der Waals surface area (Å²) in [6.07, 6.45) is 5.71. The lowest BCUT2D eigenvalue weighted by molar-refractivity contribution is 0.0210. The molecular formula is C24H32N2O4S. The standard InChI is InChI=1S/C24H32N2O4S/c1-18-22(17-30-21-8-6-20(28-2)7-9-21)31-23(25-18)24(27)10-4-12-26(13-11-24)15-19-5-3-14-29-16-19/h5-9,27H,3-4,10-17H2,1-2H3/t24-/m0/s1. The molecule has 1 aromatic heterocycles. The van der Waals surface area contributed by atoms with Gasteiger partial charge in [-0.3, -0.25) is 4.90 Å². The first-order valence-electron chi connectivity index (χ1n) is 11.0. The Bertz CT molecular complexity index is 895. The summed E-state index contributed by atoms with van der Waals surface area (Å²) in [5.74, 6) is 1.60. The molecule has 31 heavy (non-hydrogen) atoms. The van der Waals surface area contributed by atoms with Crippen LogP contribution in [0.3, 0.4) is 0 Å². The van der Waals surface area contributed by atoms with E-state index in [0.717, 1.165) is 79.2 Å². The Morgan fingerprint density at radius 2 is 2.00 bits per heavy atom. The SMILES string of the molecule is COc1ccc(OCc2sc([C@]3(O)CCCN(CC4=CCCOC4)CC3)nc2C)cc1. The lowest BCUT2D eigenvalue weighted by atomic mass is 9.96. The number of likely N-dealkylation sites (tertiary alicyclic amines) is 1. The molecule has 2 aliphatic heterocycles. The summed E-state index contributed by atoms with van der Waals surface area (Å²) in [6, 6.07) is 7.57. The minimum Gasteiger partial charge on any atom is -0.497 e. The van der Waals surface area contributed by atoms with E-state index in [1.165, 1.54) is 5.57 Å². The Morgan fingerprint density at radius 3 is 2.74 bits per heavy atom. The van der Waals surface area contributed by atoms with Crippen molar-refractivity contribution < 1.29 is 19.3 Å². The Labute approximate surface area is 188 Å². The Hall–Kier alpha value is -1.93. The van der Waals surface area contributed by atoms with Gasteiger partial charge in [0.2, 0.25) is 0 Å². The second kappa shape index (κ2) is 10.1. The molecule has 6 nitrogen and oxygen atoms in total. The number of rotatable bonds is 7. The van der Waals surface area contributed by atoms with E-state index in [1.54, 1.807) is 18.4 Å². The monoisotopic (exact) mass is 444 g/mol. The van der Waals surface area contributed by atoms with Crippen LogP contribution in [0.15, 0.2) is 35.9 Å². The van der Waals surface area contributed by atoms with Crippen LogP contribution in [0.5, 0.6) is 11.5 Å². The van der Waals surface area contributed by atoms with Crippen molar-refractivity contribution in [2.75, 3.05) is 40.0 Å². The predicted octanol–water partition coefficient (Wildman–Crippen LogP) is 4.06. The third-order valence-electron chi connectivity index (χ3n) is 6.04. The first-order valence-corrected chi connectivity index (χ1v) is 11.8. The van der Waals surface area contributed by atoms with Crippen LogP contribution in [0.2, 0.25) is 0 Å². The molecule has 7 heteroatoms. The number of thiazole rings is 1. The van der Waals surface area contributed by atoms with Gasteiger partial charge in [0.1, 0.15) is 28.7 Å². The number of hydrogen-bond acceptors (Lipinski definition) is 7. The van der Waals surface area contributed by atoms with Gasteiger partial charge in [-0.15, -0.1) is 11.3 Å². The molecule has 1 atom stereocenters. The van der Waals surface area contributed by atoms with E-state index in [4.69, 9.17) is 19.2 Å². The molecule has 0 bridgehead atoms. The molecule has 1 saturated heterocycles. The molecule has 2 aliphatic rings. The zero-order chi connectivity index (χ0) is 21.7. The van der Waals surface area contributed by atoms with Gasteiger partial charge in [-0.1, -0.05) is 6.08 Å². The Morgan fingerprint density at radius 1 is 1.19 bits per heavy atom. The summed E-state index contributed by atoms with van der Waals surface area (Å²) in [5, 5.41) is 12.3. The van der Waals surface area contributed by atoms with Crippen molar-refractivity contribution in [2.24, 2.45) is 0 Å². The fourth-order valence-corrected chi connectivity index (χ4v) is 5.26. The first-order chi connectivity index (χ1) is 15.1. The van der Waals surface area contributed by atoms with Crippen LogP contribution in [-0.4, -0.2) is 54.9 Å². The molecule has 2 aromatic rings. The molecule has 1 N–H and O–H groups in total. The maximum atomic E-state index is 11.5. The number of aromatic nitrogens is 1. The quantitative estimate of drug-likeness (QED) is 0.650. The van der Waals surface area contributed by atoms with Crippen molar-refractivity contribution in [3.63, 3.8) is 0 Å². The molecule has 0 amide bonds. The zero-order valence-corrected chi connectivity index (χ0v) is 19.2. The van der Waals surface area contributed by atoms with Gasteiger partial charge in [0.05, 0.1) is 30.9 Å². The normalized spacial score (nSPS) is 22.6. The van der Waals surface area contributed by atoms with Crippen LogP contribution in [-0.2, 0) is 16.9 Å². The molecule has 0 aliphatic carbocycles. The topological polar surface area (TPSA) is 64.0 Å². The second-order valence-electron chi connectivity index (χ2n) is 8.36. The smallest absolute Gasteiger partial charge is 0.125 e.